The third-order valence-electron chi connectivity index (χ3n) is 5.95. The number of hydroxylamine groups is 1. The van der Waals surface area contributed by atoms with Crippen molar-refractivity contribution in [2.24, 2.45) is 0 Å². The predicted molar refractivity (Wildman–Crippen MR) is 138 cm³/mol. The highest BCUT2D eigenvalue weighted by Gasteiger charge is 2.20. The maximum Gasteiger partial charge on any atom is 0.274 e. The molecule has 1 aliphatic heterocycles. The third-order valence-corrected chi connectivity index (χ3v) is 7.05. The molecule has 180 valence electrons. The van der Waals surface area contributed by atoms with Gasteiger partial charge in [0.2, 0.25) is 0 Å². The molecule has 0 unspecified atom stereocenters. The molecule has 3 heterocycles. The Morgan fingerprint density at radius 1 is 1.14 bits per heavy atom. The molecule has 0 saturated carbocycles. The summed E-state index contributed by atoms with van der Waals surface area (Å²) in [7, 11) is 2.00. The van der Waals surface area contributed by atoms with Crippen molar-refractivity contribution >= 4 is 44.7 Å². The van der Waals surface area contributed by atoms with Crippen LogP contribution in [-0.2, 0) is 11.3 Å². The molecule has 10 heteroatoms. The summed E-state index contributed by atoms with van der Waals surface area (Å²) in [5, 5.41) is 8.82. The molecule has 0 spiro atoms. The van der Waals surface area contributed by atoms with E-state index in [2.05, 4.69) is 15.9 Å². The average Bonchev–Trinajstić information content (AvgIpc) is 3.31. The van der Waals surface area contributed by atoms with Crippen molar-refractivity contribution < 1.29 is 14.7 Å². The number of hydrogen-bond donors (Lipinski definition) is 3. The summed E-state index contributed by atoms with van der Waals surface area (Å²) in [6.45, 7) is 3.59. The normalized spacial score (nSPS) is 13.7. The zero-order valence-corrected chi connectivity index (χ0v) is 20.1. The minimum Gasteiger partial charge on any atom is -0.399 e. The minimum absolute atomic E-state index is 0.395. The zero-order valence-electron chi connectivity index (χ0n) is 19.3. The molecule has 2 aromatic heterocycles. The number of fused-ring (bicyclic) bond motifs is 1. The lowest BCUT2D eigenvalue weighted by Crippen LogP contribution is -2.36. The summed E-state index contributed by atoms with van der Waals surface area (Å²) >= 11 is 1.69. The van der Waals surface area contributed by atoms with Crippen LogP contribution >= 0.6 is 11.3 Å². The number of nitrogen functional groups attached to an aromatic ring is 1. The number of rotatable bonds is 6. The molecule has 1 aliphatic rings. The predicted octanol–water partition coefficient (Wildman–Crippen LogP) is 3.53. The smallest absolute Gasteiger partial charge is 0.274 e. The van der Waals surface area contributed by atoms with Crippen LogP contribution in [0.2, 0.25) is 0 Å². The second kappa shape index (κ2) is 9.87. The van der Waals surface area contributed by atoms with Crippen LogP contribution in [0.1, 0.15) is 15.2 Å². The van der Waals surface area contributed by atoms with Crippen molar-refractivity contribution in [2.45, 2.75) is 6.54 Å². The molecular weight excluding hydrogens is 464 g/mol. The van der Waals surface area contributed by atoms with Gasteiger partial charge in [0.1, 0.15) is 0 Å². The molecule has 5 rings (SSSR count). The number of nitrogens with two attached hydrogens (primary N) is 1. The van der Waals surface area contributed by atoms with E-state index in [0.29, 0.717) is 36.8 Å². The van der Waals surface area contributed by atoms with E-state index < -0.39 is 5.91 Å². The number of carbonyl (C=O) groups is 1. The first-order valence-corrected chi connectivity index (χ1v) is 12.1. The summed E-state index contributed by atoms with van der Waals surface area (Å²) < 4.78 is 6.62. The maximum atomic E-state index is 11.6. The van der Waals surface area contributed by atoms with Gasteiger partial charge in [0.15, 0.2) is 11.6 Å². The van der Waals surface area contributed by atoms with Crippen molar-refractivity contribution in [1.29, 1.82) is 0 Å². The molecule has 1 amide bonds. The molecule has 1 saturated heterocycles. The first kappa shape index (κ1) is 23.0. The fraction of sp³-hybridized carbons (Fsp3) is 0.240. The fourth-order valence-electron chi connectivity index (χ4n) is 4.05. The number of benzene rings is 2. The number of carbonyl (C=O) groups excluding carboxylic acids is 1. The molecule has 0 bridgehead atoms. The number of nitrogens with one attached hydrogen (secondary N) is 1. The molecule has 0 radical (unpaired) electrons. The average molecular weight is 491 g/mol. The van der Waals surface area contributed by atoms with E-state index >= 15 is 0 Å². The Bertz CT molecular complexity index is 1330. The highest BCUT2D eigenvalue weighted by molar-refractivity contribution is 7.19. The number of amides is 1. The van der Waals surface area contributed by atoms with Gasteiger partial charge in [-0.3, -0.25) is 10.0 Å². The standard InChI is InChI=1S/C25H26N6O3S/c1-30(19-8-4-17(5-9-19)25(32)29-33)15-20-14-21-22(35-20)24(31-10-12-34-13-11-31)28-23(27-21)16-2-6-18(26)7-3-16/h2-9,14,33H,10-13,15,26H2,1H3,(H,29,32). The van der Waals surface area contributed by atoms with Crippen molar-refractivity contribution in [3.63, 3.8) is 0 Å². The SMILES string of the molecule is CN(Cc1cc2nc(-c3ccc(N)cc3)nc(N3CCOCC3)c2s1)c1ccc(C(=O)NO)cc1. The third kappa shape index (κ3) is 4.90. The van der Waals surface area contributed by atoms with Crippen molar-refractivity contribution in [3.8, 4) is 11.4 Å². The van der Waals surface area contributed by atoms with Gasteiger partial charge in [0.25, 0.3) is 5.91 Å². The summed E-state index contributed by atoms with van der Waals surface area (Å²) in [6.07, 6.45) is 0. The molecule has 4 N–H and O–H groups in total. The lowest BCUT2D eigenvalue weighted by Gasteiger charge is -2.28. The van der Waals surface area contributed by atoms with Gasteiger partial charge >= 0.3 is 0 Å². The number of hydrogen-bond acceptors (Lipinski definition) is 9. The largest absolute Gasteiger partial charge is 0.399 e. The number of anilines is 3. The Kier molecular flexibility index (Phi) is 6.49. The van der Waals surface area contributed by atoms with Crippen LogP contribution in [0.3, 0.4) is 0 Å². The van der Waals surface area contributed by atoms with Crippen LogP contribution in [0, 0.1) is 0 Å². The molecule has 9 nitrogen and oxygen atoms in total. The second-order valence-corrected chi connectivity index (χ2v) is 9.50. The molecular formula is C25H26N6O3S. The number of morpholine rings is 1. The van der Waals surface area contributed by atoms with Crippen LogP contribution in [-0.4, -0.2) is 54.4 Å². The summed E-state index contributed by atoms with van der Waals surface area (Å²) in [5.41, 5.74) is 11.4. The second-order valence-electron chi connectivity index (χ2n) is 8.36. The Hall–Kier alpha value is -3.73. The number of aromatic nitrogens is 2. The van der Waals surface area contributed by atoms with Gasteiger partial charge in [0.05, 0.1) is 30.0 Å². The van der Waals surface area contributed by atoms with Gasteiger partial charge in [-0.25, -0.2) is 15.4 Å². The highest BCUT2D eigenvalue weighted by Crippen LogP contribution is 2.35. The topological polar surface area (TPSA) is 117 Å². The van der Waals surface area contributed by atoms with Crippen LogP contribution in [0.15, 0.2) is 54.6 Å². The van der Waals surface area contributed by atoms with Crippen LogP contribution in [0.4, 0.5) is 17.2 Å². The molecule has 35 heavy (non-hydrogen) atoms. The Morgan fingerprint density at radius 2 is 1.86 bits per heavy atom. The van der Waals surface area contributed by atoms with E-state index in [9.17, 15) is 4.79 Å². The maximum absolute atomic E-state index is 11.6. The van der Waals surface area contributed by atoms with Crippen molar-refractivity contribution in [1.82, 2.24) is 15.4 Å². The first-order valence-electron chi connectivity index (χ1n) is 11.3. The number of ether oxygens (including phenoxy) is 1. The minimum atomic E-state index is -0.533. The van der Waals surface area contributed by atoms with E-state index in [1.54, 1.807) is 28.9 Å². The monoisotopic (exact) mass is 490 g/mol. The zero-order chi connectivity index (χ0) is 24.4. The van der Waals surface area contributed by atoms with E-state index in [4.69, 9.17) is 25.6 Å². The van der Waals surface area contributed by atoms with Gasteiger partial charge in [0, 0.05) is 47.5 Å². The van der Waals surface area contributed by atoms with Crippen LogP contribution < -0.4 is 21.0 Å². The van der Waals surface area contributed by atoms with E-state index in [1.165, 1.54) is 0 Å². The van der Waals surface area contributed by atoms with Crippen LogP contribution in [0.25, 0.3) is 21.6 Å². The van der Waals surface area contributed by atoms with Crippen LogP contribution in [0.5, 0.6) is 0 Å². The lowest BCUT2D eigenvalue weighted by molar-refractivity contribution is 0.0706. The van der Waals surface area contributed by atoms with Gasteiger partial charge in [-0.05, 0) is 54.6 Å². The Labute approximate surface area is 206 Å². The Balaban J connectivity index is 1.47. The van der Waals surface area contributed by atoms with E-state index in [1.807, 2.05) is 43.4 Å². The number of nitrogens with zero attached hydrogens (tertiary/aromatic N) is 4. The molecule has 4 aromatic rings. The molecule has 0 aliphatic carbocycles. The molecule has 0 atom stereocenters. The van der Waals surface area contributed by atoms with Gasteiger partial charge in [-0.1, -0.05) is 0 Å². The first-order chi connectivity index (χ1) is 17.0. The van der Waals surface area contributed by atoms with E-state index in [-0.39, 0.29) is 0 Å². The Morgan fingerprint density at radius 3 is 2.54 bits per heavy atom. The fourth-order valence-corrected chi connectivity index (χ4v) is 5.22. The summed E-state index contributed by atoms with van der Waals surface area (Å²) in [6, 6.07) is 16.8. The van der Waals surface area contributed by atoms with Crippen molar-refractivity contribution in [3.05, 3.63) is 65.0 Å². The highest BCUT2D eigenvalue weighted by atomic mass is 32.1. The molecule has 2 aromatic carbocycles. The lowest BCUT2D eigenvalue weighted by atomic mass is 10.2. The summed E-state index contributed by atoms with van der Waals surface area (Å²) in [4.78, 5) is 27.0. The van der Waals surface area contributed by atoms with Gasteiger partial charge in [-0.15, -0.1) is 11.3 Å². The van der Waals surface area contributed by atoms with Gasteiger partial charge < -0.3 is 20.3 Å². The molecule has 1 fully saturated rings. The summed E-state index contributed by atoms with van der Waals surface area (Å²) in [5.74, 6) is 1.08. The quantitative estimate of drug-likeness (QED) is 0.214. The van der Waals surface area contributed by atoms with Crippen molar-refractivity contribution in [2.75, 3.05) is 48.9 Å². The number of thiophene rings is 1. The van der Waals surface area contributed by atoms with Gasteiger partial charge in [-0.2, -0.15) is 0 Å². The van der Waals surface area contributed by atoms with E-state index in [0.717, 1.165) is 45.3 Å².